The van der Waals surface area contributed by atoms with E-state index in [1.165, 1.54) is 11.8 Å². The van der Waals surface area contributed by atoms with Crippen molar-refractivity contribution in [3.63, 3.8) is 0 Å². The van der Waals surface area contributed by atoms with Crippen molar-refractivity contribution in [2.45, 2.75) is 26.9 Å². The SMILES string of the molecule is CC(=O)N(C)c1ccccc1C(=O)NCC(O)C(C)C. The van der Waals surface area contributed by atoms with Gasteiger partial charge in [-0.15, -0.1) is 0 Å². The molecule has 0 fully saturated rings. The van der Waals surface area contributed by atoms with Crippen LogP contribution in [0.15, 0.2) is 24.3 Å². The number of nitrogens with zero attached hydrogens (tertiary/aromatic N) is 1. The summed E-state index contributed by atoms with van der Waals surface area (Å²) in [6.07, 6.45) is -0.586. The fourth-order valence-electron chi connectivity index (χ4n) is 1.66. The Balaban J connectivity index is 2.86. The standard InChI is InChI=1S/C15H22N2O3/c1-10(2)14(19)9-16-15(20)12-7-5-6-8-13(12)17(4)11(3)18/h5-8,10,14,19H,9H2,1-4H3,(H,16,20). The molecule has 0 saturated carbocycles. The number of anilines is 1. The first-order valence-corrected chi connectivity index (χ1v) is 6.64. The third kappa shape index (κ3) is 4.06. The second kappa shape index (κ2) is 7.05. The summed E-state index contributed by atoms with van der Waals surface area (Å²) in [7, 11) is 1.62. The third-order valence-corrected chi connectivity index (χ3v) is 3.22. The van der Waals surface area contributed by atoms with Crippen molar-refractivity contribution in [2.24, 2.45) is 5.92 Å². The summed E-state index contributed by atoms with van der Waals surface area (Å²) in [5.74, 6) is -0.369. The van der Waals surface area contributed by atoms with Gasteiger partial charge in [-0.1, -0.05) is 26.0 Å². The Morgan fingerprint density at radius 1 is 1.30 bits per heavy atom. The Hall–Kier alpha value is -1.88. The molecule has 20 heavy (non-hydrogen) atoms. The molecule has 0 heterocycles. The summed E-state index contributed by atoms with van der Waals surface area (Å²) in [5.41, 5.74) is 0.970. The molecule has 0 radical (unpaired) electrons. The highest BCUT2D eigenvalue weighted by Gasteiger charge is 2.17. The number of carbonyl (C=O) groups is 2. The number of para-hydroxylation sites is 1. The molecule has 0 saturated heterocycles. The molecule has 0 spiro atoms. The van der Waals surface area contributed by atoms with Crippen molar-refractivity contribution >= 4 is 17.5 Å². The van der Waals surface area contributed by atoms with Crippen molar-refractivity contribution < 1.29 is 14.7 Å². The van der Waals surface area contributed by atoms with E-state index in [4.69, 9.17) is 0 Å². The largest absolute Gasteiger partial charge is 0.391 e. The normalized spacial score (nSPS) is 12.1. The van der Waals surface area contributed by atoms with Gasteiger partial charge in [0.1, 0.15) is 0 Å². The third-order valence-electron chi connectivity index (χ3n) is 3.22. The number of hydrogen-bond acceptors (Lipinski definition) is 3. The van der Waals surface area contributed by atoms with Gasteiger partial charge in [-0.05, 0) is 18.1 Å². The molecule has 0 aliphatic rings. The molecule has 110 valence electrons. The summed E-state index contributed by atoms with van der Waals surface area (Å²) < 4.78 is 0. The van der Waals surface area contributed by atoms with Crippen LogP contribution in [0, 0.1) is 5.92 Å². The molecular weight excluding hydrogens is 256 g/mol. The average molecular weight is 278 g/mol. The zero-order chi connectivity index (χ0) is 15.3. The van der Waals surface area contributed by atoms with Gasteiger partial charge in [0.05, 0.1) is 17.4 Å². The number of aliphatic hydroxyl groups is 1. The number of rotatable bonds is 5. The second-order valence-electron chi connectivity index (χ2n) is 5.12. The molecule has 1 aromatic carbocycles. The van der Waals surface area contributed by atoms with Gasteiger partial charge in [-0.2, -0.15) is 0 Å². The highest BCUT2D eigenvalue weighted by Crippen LogP contribution is 2.19. The summed E-state index contributed by atoms with van der Waals surface area (Å²) in [5, 5.41) is 12.4. The van der Waals surface area contributed by atoms with E-state index >= 15 is 0 Å². The van der Waals surface area contributed by atoms with E-state index in [-0.39, 0.29) is 24.3 Å². The van der Waals surface area contributed by atoms with Gasteiger partial charge in [-0.25, -0.2) is 0 Å². The van der Waals surface area contributed by atoms with Crippen LogP contribution in [0.25, 0.3) is 0 Å². The Kier molecular flexibility index (Phi) is 5.70. The minimum Gasteiger partial charge on any atom is -0.391 e. The van der Waals surface area contributed by atoms with Gasteiger partial charge < -0.3 is 15.3 Å². The van der Waals surface area contributed by atoms with Crippen molar-refractivity contribution in [3.05, 3.63) is 29.8 Å². The van der Waals surface area contributed by atoms with Crippen LogP contribution in [-0.2, 0) is 4.79 Å². The molecule has 0 aliphatic carbocycles. The van der Waals surface area contributed by atoms with Crippen LogP contribution in [0.4, 0.5) is 5.69 Å². The number of carbonyl (C=O) groups excluding carboxylic acids is 2. The van der Waals surface area contributed by atoms with E-state index < -0.39 is 6.10 Å². The second-order valence-corrected chi connectivity index (χ2v) is 5.12. The number of benzene rings is 1. The molecule has 0 aliphatic heterocycles. The lowest BCUT2D eigenvalue weighted by molar-refractivity contribution is -0.116. The maximum Gasteiger partial charge on any atom is 0.253 e. The van der Waals surface area contributed by atoms with Crippen molar-refractivity contribution in [1.82, 2.24) is 5.32 Å². The lowest BCUT2D eigenvalue weighted by Gasteiger charge is -2.20. The molecule has 0 bridgehead atoms. The maximum absolute atomic E-state index is 12.2. The van der Waals surface area contributed by atoms with Crippen LogP contribution < -0.4 is 10.2 Å². The van der Waals surface area contributed by atoms with Gasteiger partial charge in [0.15, 0.2) is 0 Å². The monoisotopic (exact) mass is 278 g/mol. The van der Waals surface area contributed by atoms with E-state index in [1.807, 2.05) is 13.8 Å². The van der Waals surface area contributed by atoms with E-state index in [2.05, 4.69) is 5.32 Å². The lowest BCUT2D eigenvalue weighted by atomic mass is 10.1. The molecule has 1 aromatic rings. The van der Waals surface area contributed by atoms with Crippen LogP contribution in [0.3, 0.4) is 0 Å². The fraction of sp³-hybridized carbons (Fsp3) is 0.467. The van der Waals surface area contributed by atoms with Crippen LogP contribution in [0.1, 0.15) is 31.1 Å². The molecule has 1 unspecified atom stereocenters. The van der Waals surface area contributed by atoms with Crippen molar-refractivity contribution in [2.75, 3.05) is 18.5 Å². The Morgan fingerprint density at radius 3 is 2.45 bits per heavy atom. The van der Waals surface area contributed by atoms with Gasteiger partial charge in [-0.3, -0.25) is 9.59 Å². The highest BCUT2D eigenvalue weighted by atomic mass is 16.3. The molecule has 5 nitrogen and oxygen atoms in total. The molecule has 1 rings (SSSR count). The number of aliphatic hydroxyl groups excluding tert-OH is 1. The summed E-state index contributed by atoms with van der Waals surface area (Å²) in [6.45, 7) is 5.40. The van der Waals surface area contributed by atoms with Gasteiger partial charge in [0.2, 0.25) is 5.91 Å². The fourth-order valence-corrected chi connectivity index (χ4v) is 1.66. The van der Waals surface area contributed by atoms with Crippen molar-refractivity contribution in [1.29, 1.82) is 0 Å². The van der Waals surface area contributed by atoms with E-state index in [1.54, 1.807) is 31.3 Å². The van der Waals surface area contributed by atoms with Gasteiger partial charge in [0, 0.05) is 20.5 Å². The first-order chi connectivity index (χ1) is 9.34. The molecule has 1 atom stereocenters. The quantitative estimate of drug-likeness (QED) is 0.855. The molecular formula is C15H22N2O3. The smallest absolute Gasteiger partial charge is 0.253 e. The first kappa shape index (κ1) is 16.2. The minimum absolute atomic E-state index is 0.0745. The highest BCUT2D eigenvalue weighted by molar-refractivity contribution is 6.04. The van der Waals surface area contributed by atoms with E-state index in [0.717, 1.165) is 0 Å². The van der Waals surface area contributed by atoms with E-state index in [9.17, 15) is 14.7 Å². The average Bonchev–Trinajstić information content (AvgIpc) is 2.43. The van der Waals surface area contributed by atoms with Crippen LogP contribution in [0.5, 0.6) is 0 Å². The van der Waals surface area contributed by atoms with E-state index in [0.29, 0.717) is 11.3 Å². The van der Waals surface area contributed by atoms with Gasteiger partial charge >= 0.3 is 0 Å². The maximum atomic E-state index is 12.2. The zero-order valence-corrected chi connectivity index (χ0v) is 12.4. The Bertz CT molecular complexity index is 486. The molecule has 0 aromatic heterocycles. The zero-order valence-electron chi connectivity index (χ0n) is 12.4. The number of nitrogens with one attached hydrogen (secondary N) is 1. The first-order valence-electron chi connectivity index (χ1n) is 6.64. The van der Waals surface area contributed by atoms with Gasteiger partial charge in [0.25, 0.3) is 5.91 Å². The molecule has 2 amide bonds. The predicted octanol–water partition coefficient (Wildman–Crippen LogP) is 1.42. The Labute approximate surface area is 119 Å². The minimum atomic E-state index is -0.586. The predicted molar refractivity (Wildman–Crippen MR) is 78.7 cm³/mol. The molecule has 5 heteroatoms. The topological polar surface area (TPSA) is 69.6 Å². The van der Waals surface area contributed by atoms with Crippen LogP contribution in [-0.4, -0.2) is 36.6 Å². The number of amides is 2. The van der Waals surface area contributed by atoms with Crippen LogP contribution >= 0.6 is 0 Å². The molecule has 2 N–H and O–H groups in total. The number of hydrogen-bond donors (Lipinski definition) is 2. The van der Waals surface area contributed by atoms with Crippen LogP contribution in [0.2, 0.25) is 0 Å². The summed E-state index contributed by atoms with van der Waals surface area (Å²) in [6, 6.07) is 6.89. The lowest BCUT2D eigenvalue weighted by Crippen LogP contribution is -2.35. The van der Waals surface area contributed by atoms with Crippen molar-refractivity contribution in [3.8, 4) is 0 Å². The Morgan fingerprint density at radius 2 is 1.90 bits per heavy atom. The summed E-state index contributed by atoms with van der Waals surface area (Å²) >= 11 is 0. The summed E-state index contributed by atoms with van der Waals surface area (Å²) in [4.78, 5) is 25.0.